The van der Waals surface area contributed by atoms with Crippen LogP contribution in [0.3, 0.4) is 0 Å². The highest BCUT2D eigenvalue weighted by atomic mass is 16.5. The molecule has 0 bridgehead atoms. The number of fused-ring (bicyclic) bond motifs is 1. The summed E-state index contributed by atoms with van der Waals surface area (Å²) in [5, 5.41) is 1.30. The number of methoxy groups -OCH3 is 1. The lowest BCUT2D eigenvalue weighted by Gasteiger charge is -2.14. The molecule has 0 aliphatic rings. The molecular formula is C14H19NO. The molecule has 0 aliphatic carbocycles. The van der Waals surface area contributed by atoms with Gasteiger partial charge in [0.05, 0.1) is 6.61 Å². The van der Waals surface area contributed by atoms with Crippen molar-refractivity contribution in [3.63, 3.8) is 0 Å². The van der Waals surface area contributed by atoms with E-state index in [1.54, 1.807) is 7.11 Å². The largest absolute Gasteiger partial charge is 0.378 e. The summed E-state index contributed by atoms with van der Waals surface area (Å²) in [6.45, 7) is 7.22. The zero-order valence-electron chi connectivity index (χ0n) is 10.4. The molecule has 0 saturated heterocycles. The Labute approximate surface area is 96.8 Å². The van der Waals surface area contributed by atoms with Gasteiger partial charge in [-0.05, 0) is 43.9 Å². The highest BCUT2D eigenvalue weighted by Gasteiger charge is 2.10. The van der Waals surface area contributed by atoms with Gasteiger partial charge in [0.15, 0.2) is 0 Å². The number of aromatic nitrogens is 1. The quantitative estimate of drug-likeness (QED) is 0.765. The molecule has 2 nitrogen and oxygen atoms in total. The van der Waals surface area contributed by atoms with E-state index >= 15 is 0 Å². The Morgan fingerprint density at radius 1 is 1.25 bits per heavy atom. The summed E-state index contributed by atoms with van der Waals surface area (Å²) in [6, 6.07) is 9.27. The maximum Gasteiger partial charge on any atom is 0.0864 e. The van der Waals surface area contributed by atoms with Gasteiger partial charge in [-0.1, -0.05) is 12.1 Å². The average molecular weight is 217 g/mol. The first-order valence-electron chi connectivity index (χ1n) is 5.73. The molecule has 2 rings (SSSR count). The topological polar surface area (TPSA) is 14.2 Å². The van der Waals surface area contributed by atoms with Crippen LogP contribution in [0, 0.1) is 6.92 Å². The van der Waals surface area contributed by atoms with Crippen molar-refractivity contribution in [2.45, 2.75) is 33.4 Å². The lowest BCUT2D eigenvalue weighted by Crippen LogP contribution is -2.06. The molecule has 0 atom stereocenters. The predicted octanol–water partition coefficient (Wildman–Crippen LogP) is 3.68. The third kappa shape index (κ3) is 1.85. The zero-order valence-corrected chi connectivity index (χ0v) is 10.4. The summed E-state index contributed by atoms with van der Waals surface area (Å²) < 4.78 is 7.61. The molecule has 0 N–H and O–H groups in total. The molecule has 2 aromatic rings. The van der Waals surface area contributed by atoms with E-state index in [2.05, 4.69) is 49.6 Å². The molecule has 16 heavy (non-hydrogen) atoms. The Morgan fingerprint density at radius 3 is 2.62 bits per heavy atom. The first kappa shape index (κ1) is 11.2. The van der Waals surface area contributed by atoms with Gasteiger partial charge in [-0.15, -0.1) is 0 Å². The van der Waals surface area contributed by atoms with Crippen molar-refractivity contribution in [3.8, 4) is 0 Å². The maximum absolute atomic E-state index is 5.26. The molecule has 0 radical (unpaired) electrons. The van der Waals surface area contributed by atoms with Crippen molar-refractivity contribution in [1.29, 1.82) is 0 Å². The number of hydrogen-bond donors (Lipinski definition) is 0. The van der Waals surface area contributed by atoms with Gasteiger partial charge < -0.3 is 9.30 Å². The molecule has 86 valence electrons. The maximum atomic E-state index is 5.26. The van der Waals surface area contributed by atoms with Gasteiger partial charge in [-0.3, -0.25) is 0 Å². The van der Waals surface area contributed by atoms with Crippen LogP contribution in [-0.4, -0.2) is 11.7 Å². The molecule has 0 aliphatic heterocycles. The van der Waals surface area contributed by atoms with E-state index in [1.165, 1.54) is 22.2 Å². The smallest absolute Gasteiger partial charge is 0.0864 e. The fourth-order valence-corrected chi connectivity index (χ4v) is 2.26. The van der Waals surface area contributed by atoms with E-state index in [1.807, 2.05) is 0 Å². The van der Waals surface area contributed by atoms with Gasteiger partial charge in [0, 0.05) is 24.4 Å². The van der Waals surface area contributed by atoms with Crippen LogP contribution < -0.4 is 0 Å². The van der Waals surface area contributed by atoms with Gasteiger partial charge >= 0.3 is 0 Å². The van der Waals surface area contributed by atoms with Gasteiger partial charge in [0.25, 0.3) is 0 Å². The molecular weight excluding hydrogens is 198 g/mol. The van der Waals surface area contributed by atoms with Crippen LogP contribution in [0.5, 0.6) is 0 Å². The third-order valence-corrected chi connectivity index (χ3v) is 2.89. The van der Waals surface area contributed by atoms with Gasteiger partial charge in [-0.25, -0.2) is 0 Å². The lowest BCUT2D eigenvalue weighted by molar-refractivity contribution is 0.177. The first-order valence-corrected chi connectivity index (χ1v) is 5.73. The molecule has 0 saturated carbocycles. The molecule has 1 heterocycles. The van der Waals surface area contributed by atoms with E-state index in [4.69, 9.17) is 4.74 Å². The van der Waals surface area contributed by atoms with Crippen LogP contribution in [-0.2, 0) is 11.3 Å². The minimum atomic E-state index is 0.462. The molecule has 1 aromatic heterocycles. The summed E-state index contributed by atoms with van der Waals surface area (Å²) in [7, 11) is 1.74. The Bertz CT molecular complexity index is 497. The molecule has 0 fully saturated rings. The fraction of sp³-hybridized carbons (Fsp3) is 0.429. The molecule has 0 spiro atoms. The van der Waals surface area contributed by atoms with Crippen LogP contribution in [0.25, 0.3) is 10.9 Å². The number of hydrogen-bond acceptors (Lipinski definition) is 1. The number of rotatable bonds is 3. The number of aryl methyl sites for hydroxylation is 1. The highest BCUT2D eigenvalue weighted by Crippen LogP contribution is 2.25. The van der Waals surface area contributed by atoms with E-state index in [-0.39, 0.29) is 0 Å². The minimum absolute atomic E-state index is 0.462. The van der Waals surface area contributed by atoms with Crippen molar-refractivity contribution < 1.29 is 4.74 Å². The summed E-state index contributed by atoms with van der Waals surface area (Å²) in [5.41, 5.74) is 3.86. The first-order chi connectivity index (χ1) is 7.63. The van der Waals surface area contributed by atoms with Crippen molar-refractivity contribution >= 4 is 10.9 Å². The summed E-state index contributed by atoms with van der Waals surface area (Å²) in [4.78, 5) is 0. The van der Waals surface area contributed by atoms with Crippen molar-refractivity contribution in [1.82, 2.24) is 4.57 Å². The second-order valence-corrected chi connectivity index (χ2v) is 4.59. The summed E-state index contributed by atoms with van der Waals surface area (Å²) >= 11 is 0. The normalized spacial score (nSPS) is 11.6. The van der Waals surface area contributed by atoms with Crippen molar-refractivity contribution in [2.24, 2.45) is 0 Å². The van der Waals surface area contributed by atoms with Crippen LogP contribution in [0.2, 0.25) is 0 Å². The Kier molecular flexibility index (Phi) is 3.01. The van der Waals surface area contributed by atoms with Crippen LogP contribution in [0.1, 0.15) is 31.1 Å². The SMILES string of the molecule is COCc1cc2ccc(C)cc2n1C(C)C. The van der Waals surface area contributed by atoms with Crippen LogP contribution >= 0.6 is 0 Å². The van der Waals surface area contributed by atoms with E-state index in [0.717, 1.165) is 0 Å². The lowest BCUT2D eigenvalue weighted by atomic mass is 10.2. The Balaban J connectivity index is 2.67. The second-order valence-electron chi connectivity index (χ2n) is 4.59. The zero-order chi connectivity index (χ0) is 11.7. The Hall–Kier alpha value is -1.28. The third-order valence-electron chi connectivity index (χ3n) is 2.89. The van der Waals surface area contributed by atoms with Crippen molar-refractivity contribution in [2.75, 3.05) is 7.11 Å². The van der Waals surface area contributed by atoms with Gasteiger partial charge in [0.1, 0.15) is 0 Å². The summed E-state index contributed by atoms with van der Waals surface area (Å²) in [5.74, 6) is 0. The minimum Gasteiger partial charge on any atom is -0.378 e. The van der Waals surface area contributed by atoms with E-state index < -0.39 is 0 Å². The van der Waals surface area contributed by atoms with Gasteiger partial charge in [-0.2, -0.15) is 0 Å². The fourth-order valence-electron chi connectivity index (χ4n) is 2.26. The van der Waals surface area contributed by atoms with Crippen LogP contribution in [0.15, 0.2) is 24.3 Å². The summed E-state index contributed by atoms with van der Waals surface area (Å²) in [6.07, 6.45) is 0. The number of ether oxygens (including phenoxy) is 1. The van der Waals surface area contributed by atoms with Crippen molar-refractivity contribution in [3.05, 3.63) is 35.5 Å². The molecule has 0 unspecified atom stereocenters. The molecule has 2 heteroatoms. The van der Waals surface area contributed by atoms with Crippen LogP contribution in [0.4, 0.5) is 0 Å². The molecule has 1 aromatic carbocycles. The number of nitrogens with zero attached hydrogens (tertiary/aromatic N) is 1. The van der Waals surface area contributed by atoms with E-state index in [0.29, 0.717) is 12.6 Å². The second kappa shape index (κ2) is 4.30. The highest BCUT2D eigenvalue weighted by molar-refractivity contribution is 5.82. The molecule has 0 amide bonds. The standard InChI is InChI=1S/C14H19NO/c1-10(2)15-13(9-16-4)8-12-6-5-11(3)7-14(12)15/h5-8,10H,9H2,1-4H3. The Morgan fingerprint density at radius 2 is 2.00 bits per heavy atom. The van der Waals surface area contributed by atoms with E-state index in [9.17, 15) is 0 Å². The monoisotopic (exact) mass is 217 g/mol. The predicted molar refractivity (Wildman–Crippen MR) is 67.8 cm³/mol. The van der Waals surface area contributed by atoms with Gasteiger partial charge in [0.2, 0.25) is 0 Å². The average Bonchev–Trinajstić information content (AvgIpc) is 2.55. The number of benzene rings is 1.